The summed E-state index contributed by atoms with van der Waals surface area (Å²) < 4.78 is 15.7. The summed E-state index contributed by atoms with van der Waals surface area (Å²) >= 11 is 1.63. The fourth-order valence-electron chi connectivity index (χ4n) is 4.07. The minimum Gasteiger partial charge on any atom is -0.492 e. The van der Waals surface area contributed by atoms with Crippen LogP contribution >= 0.6 is 11.9 Å². The van der Waals surface area contributed by atoms with Crippen LogP contribution in [0.2, 0.25) is 0 Å². The Bertz CT molecular complexity index is 1190. The molecule has 2 aromatic carbocycles. The Morgan fingerprint density at radius 1 is 1.11 bits per heavy atom. The van der Waals surface area contributed by atoms with Crippen molar-refractivity contribution in [3.63, 3.8) is 0 Å². The molecule has 1 aromatic heterocycles. The Morgan fingerprint density at radius 2 is 1.89 bits per heavy atom. The van der Waals surface area contributed by atoms with Gasteiger partial charge in [-0.1, -0.05) is 26.0 Å². The first-order valence-electron chi connectivity index (χ1n) is 13.4. The highest BCUT2D eigenvalue weighted by Gasteiger charge is 2.19. The Kier molecular flexibility index (Phi) is 10.1. The maximum absolute atomic E-state index is 6.27. The number of rotatable bonds is 12. The molecule has 1 saturated heterocycles. The van der Waals surface area contributed by atoms with E-state index in [1.54, 1.807) is 11.9 Å². The number of nitrogens with one attached hydrogen (secondary N) is 3. The van der Waals surface area contributed by atoms with E-state index in [-0.39, 0.29) is 6.10 Å². The van der Waals surface area contributed by atoms with Crippen molar-refractivity contribution >= 4 is 48.4 Å². The van der Waals surface area contributed by atoms with Gasteiger partial charge in [0.15, 0.2) is 0 Å². The Labute approximate surface area is 231 Å². The van der Waals surface area contributed by atoms with Gasteiger partial charge in [0.1, 0.15) is 31.3 Å². The van der Waals surface area contributed by atoms with E-state index in [9.17, 15) is 0 Å². The number of anilines is 4. The molecule has 0 atom stereocenters. The summed E-state index contributed by atoms with van der Waals surface area (Å²) in [6.07, 6.45) is 4.11. The van der Waals surface area contributed by atoms with Crippen LogP contribution in [0.1, 0.15) is 33.6 Å². The third-order valence-electron chi connectivity index (χ3n) is 6.25. The highest BCUT2D eigenvalue weighted by atomic mass is 32.2. The Morgan fingerprint density at radius 3 is 2.66 bits per heavy atom. The van der Waals surface area contributed by atoms with Gasteiger partial charge in [-0.25, -0.2) is 4.98 Å². The second-order valence-electron chi connectivity index (χ2n) is 10.0. The number of hydrogen-bond donors (Lipinski definition) is 3. The van der Waals surface area contributed by atoms with E-state index in [2.05, 4.69) is 58.3 Å². The molecule has 0 bridgehead atoms. The van der Waals surface area contributed by atoms with E-state index in [1.807, 2.05) is 51.3 Å². The van der Waals surface area contributed by atoms with Crippen LogP contribution in [0.15, 0.2) is 53.6 Å². The summed E-state index contributed by atoms with van der Waals surface area (Å²) in [5.74, 6) is 3.36. The number of piperidine rings is 1. The van der Waals surface area contributed by atoms with Gasteiger partial charge < -0.3 is 25.0 Å². The molecular weight excluding hydrogens is 495 g/mol. The Balaban J connectivity index is 1.48. The van der Waals surface area contributed by atoms with E-state index < -0.39 is 0 Å². The molecule has 0 unspecified atom stereocenters. The van der Waals surface area contributed by atoms with Gasteiger partial charge in [-0.15, -0.1) is 0 Å². The monoisotopic (exact) mass is 534 g/mol. The van der Waals surface area contributed by atoms with Gasteiger partial charge >= 0.3 is 0 Å². The first-order valence-corrected chi connectivity index (χ1v) is 14.2. The number of likely N-dealkylation sites (tertiary alicyclic amines) is 1. The molecule has 1 aliphatic rings. The molecule has 8 nitrogen and oxygen atoms in total. The van der Waals surface area contributed by atoms with Crippen molar-refractivity contribution in [1.82, 2.24) is 19.6 Å². The van der Waals surface area contributed by atoms with Gasteiger partial charge in [-0.2, -0.15) is 4.98 Å². The van der Waals surface area contributed by atoms with Crippen molar-refractivity contribution in [2.45, 2.75) is 44.6 Å². The zero-order valence-corrected chi connectivity index (χ0v) is 23.9. The summed E-state index contributed by atoms with van der Waals surface area (Å²) in [4.78, 5) is 12.8. The molecule has 4 rings (SSSR count). The fraction of sp³-hybridized carbons (Fsp3) is 0.429. The maximum atomic E-state index is 6.27. The Hall–Kier alpha value is -2.95. The van der Waals surface area contributed by atoms with Crippen LogP contribution in [0, 0.1) is 5.92 Å². The first-order chi connectivity index (χ1) is 18.4. The normalized spacial score (nSPS) is 14.4. The van der Waals surface area contributed by atoms with Crippen LogP contribution in [-0.4, -0.2) is 62.1 Å². The molecule has 1 fully saturated rings. The number of aromatic nitrogens is 2. The molecule has 3 N–H and O–H groups in total. The predicted molar refractivity (Wildman–Crippen MR) is 161 cm³/mol. The van der Waals surface area contributed by atoms with Crippen LogP contribution in [0.5, 0.6) is 11.5 Å². The van der Waals surface area contributed by atoms with Gasteiger partial charge in [0.05, 0.1) is 18.0 Å². The lowest BCUT2D eigenvalue weighted by atomic mass is 9.99. The summed E-state index contributed by atoms with van der Waals surface area (Å²) in [6, 6.07) is 14.1. The average molecular weight is 535 g/mol. The second kappa shape index (κ2) is 13.7. The van der Waals surface area contributed by atoms with Gasteiger partial charge in [-0.05, 0) is 74.4 Å². The topological polar surface area (TPSA) is 83.6 Å². The van der Waals surface area contributed by atoms with Crippen LogP contribution in [-0.2, 0) is 0 Å². The number of ether oxygens (including phenoxy) is 2. The van der Waals surface area contributed by atoms with Crippen LogP contribution in [0.25, 0.3) is 0 Å². The summed E-state index contributed by atoms with van der Waals surface area (Å²) in [5, 5.41) is 6.84. The second-order valence-corrected chi connectivity index (χ2v) is 11.0. The third kappa shape index (κ3) is 8.03. The van der Waals surface area contributed by atoms with Gasteiger partial charge in [-0.3, -0.25) is 4.72 Å². The largest absolute Gasteiger partial charge is 0.492 e. The molecule has 0 spiro atoms. The molecular formula is C28H39BN6O2S. The van der Waals surface area contributed by atoms with Crippen LogP contribution < -0.4 is 30.3 Å². The van der Waals surface area contributed by atoms with Crippen molar-refractivity contribution in [3.05, 3.63) is 48.7 Å². The zero-order chi connectivity index (χ0) is 26.9. The summed E-state index contributed by atoms with van der Waals surface area (Å²) in [6.45, 7) is 9.97. The quantitative estimate of drug-likeness (QED) is 0.232. The minimum absolute atomic E-state index is 0.232. The van der Waals surface area contributed by atoms with Gasteiger partial charge in [0.2, 0.25) is 5.95 Å². The fourth-order valence-corrected chi connectivity index (χ4v) is 5.02. The van der Waals surface area contributed by atoms with E-state index >= 15 is 0 Å². The minimum atomic E-state index is 0.232. The number of hydrogen-bond acceptors (Lipinski definition) is 9. The lowest BCUT2D eigenvalue weighted by molar-refractivity contribution is 0.114. The van der Waals surface area contributed by atoms with E-state index in [0.717, 1.165) is 71.5 Å². The molecule has 0 saturated carbocycles. The lowest BCUT2D eigenvalue weighted by Crippen LogP contribution is -2.35. The van der Waals surface area contributed by atoms with Crippen molar-refractivity contribution in [2.24, 2.45) is 5.92 Å². The highest BCUT2D eigenvalue weighted by molar-refractivity contribution is 7.97. The number of benzene rings is 2. The molecule has 202 valence electrons. The number of para-hydroxylation sites is 1. The molecule has 0 aliphatic carbocycles. The first kappa shape index (κ1) is 28.1. The highest BCUT2D eigenvalue weighted by Crippen LogP contribution is 2.33. The lowest BCUT2D eigenvalue weighted by Gasteiger charge is -2.29. The van der Waals surface area contributed by atoms with Crippen molar-refractivity contribution in [2.75, 3.05) is 43.9 Å². The standard InChI is InChI=1S/C28H39BN6O2S/c1-5-36-25-16-21(37-20-12-14-35(4)15-13-20)10-11-23(25)33-28-30-18-22(29)27(34-28)32-24-8-6-7-9-26(24)38-31-17-19(2)3/h6-11,16,18-20,31H,5,12-15,17,29H2,1-4H3,(H2,30,32,33,34). The van der Waals surface area contributed by atoms with E-state index in [0.29, 0.717) is 18.5 Å². The van der Waals surface area contributed by atoms with Crippen LogP contribution in [0.4, 0.5) is 23.1 Å². The van der Waals surface area contributed by atoms with E-state index in [1.165, 1.54) is 0 Å². The van der Waals surface area contributed by atoms with Crippen molar-refractivity contribution < 1.29 is 9.47 Å². The average Bonchev–Trinajstić information content (AvgIpc) is 2.90. The van der Waals surface area contributed by atoms with Crippen molar-refractivity contribution in [1.29, 1.82) is 0 Å². The molecule has 2 heterocycles. The molecule has 0 radical (unpaired) electrons. The maximum Gasteiger partial charge on any atom is 0.229 e. The number of nitrogens with zero attached hydrogens (tertiary/aromatic N) is 3. The zero-order valence-electron chi connectivity index (χ0n) is 23.1. The molecule has 10 heteroatoms. The third-order valence-corrected chi connectivity index (χ3v) is 7.14. The SMILES string of the molecule is Bc1cnc(Nc2ccc(OC3CCN(C)CC3)cc2OCC)nc1Nc1ccccc1SNCC(C)C. The molecule has 38 heavy (non-hydrogen) atoms. The molecule has 0 amide bonds. The van der Waals surface area contributed by atoms with E-state index in [4.69, 9.17) is 14.5 Å². The van der Waals surface area contributed by atoms with Crippen LogP contribution in [0.3, 0.4) is 0 Å². The summed E-state index contributed by atoms with van der Waals surface area (Å²) in [5.41, 5.74) is 2.75. The van der Waals surface area contributed by atoms with Crippen molar-refractivity contribution in [3.8, 4) is 11.5 Å². The summed E-state index contributed by atoms with van der Waals surface area (Å²) in [7, 11) is 4.15. The predicted octanol–water partition coefficient (Wildman–Crippen LogP) is 4.35. The molecule has 3 aromatic rings. The van der Waals surface area contributed by atoms with Gasteiger partial charge in [0.25, 0.3) is 0 Å². The smallest absolute Gasteiger partial charge is 0.229 e. The molecule has 1 aliphatic heterocycles. The van der Waals surface area contributed by atoms with Gasteiger partial charge in [0, 0.05) is 36.8 Å².